The summed E-state index contributed by atoms with van der Waals surface area (Å²) < 4.78 is 0. The fraction of sp³-hybridized carbons (Fsp3) is 0.278. The fourth-order valence-corrected chi connectivity index (χ4v) is 2.43. The van der Waals surface area contributed by atoms with Crippen LogP contribution in [0.1, 0.15) is 46.0 Å². The zero-order valence-corrected chi connectivity index (χ0v) is 11.9. The zero-order valence-electron chi connectivity index (χ0n) is 11.9. The van der Waals surface area contributed by atoms with E-state index in [-0.39, 0.29) is 5.78 Å². The van der Waals surface area contributed by atoms with Gasteiger partial charge in [-0.05, 0) is 44.0 Å². The number of aryl methyl sites for hydroxylation is 3. The van der Waals surface area contributed by atoms with Crippen LogP contribution >= 0.6 is 0 Å². The van der Waals surface area contributed by atoms with E-state index in [2.05, 4.69) is 19.1 Å². The molecule has 1 heteroatoms. The number of hydrogen-bond donors (Lipinski definition) is 0. The summed E-state index contributed by atoms with van der Waals surface area (Å²) in [4.78, 5) is 12.5. The van der Waals surface area contributed by atoms with Crippen molar-refractivity contribution in [1.82, 2.24) is 0 Å². The van der Waals surface area contributed by atoms with E-state index in [1.54, 1.807) is 0 Å². The van der Waals surface area contributed by atoms with Crippen molar-refractivity contribution in [3.63, 3.8) is 0 Å². The normalized spacial score (nSPS) is 10.5. The van der Waals surface area contributed by atoms with E-state index in [1.807, 2.05) is 44.2 Å². The minimum atomic E-state index is 0.116. The maximum Gasteiger partial charge on any atom is 0.193 e. The molecular formula is C18H20O. The smallest absolute Gasteiger partial charge is 0.193 e. The minimum Gasteiger partial charge on any atom is -0.289 e. The monoisotopic (exact) mass is 252 g/mol. The van der Waals surface area contributed by atoms with Crippen molar-refractivity contribution in [3.05, 3.63) is 70.3 Å². The van der Waals surface area contributed by atoms with Crippen molar-refractivity contribution in [2.45, 2.75) is 33.6 Å². The van der Waals surface area contributed by atoms with Gasteiger partial charge >= 0.3 is 0 Å². The maximum absolute atomic E-state index is 12.5. The molecule has 0 heterocycles. The predicted octanol–water partition coefficient (Wildman–Crippen LogP) is 4.49. The molecule has 0 aliphatic rings. The van der Waals surface area contributed by atoms with Gasteiger partial charge in [0.25, 0.3) is 0 Å². The molecule has 0 N–H and O–H groups in total. The first-order valence-electron chi connectivity index (χ1n) is 6.82. The van der Waals surface area contributed by atoms with Gasteiger partial charge in [0.15, 0.2) is 5.78 Å². The molecule has 2 aromatic carbocycles. The molecule has 98 valence electrons. The van der Waals surface area contributed by atoms with Crippen LogP contribution in [0.25, 0.3) is 0 Å². The molecule has 0 atom stereocenters. The van der Waals surface area contributed by atoms with Crippen LogP contribution in [0, 0.1) is 13.8 Å². The summed E-state index contributed by atoms with van der Waals surface area (Å²) in [6.45, 7) is 6.20. The van der Waals surface area contributed by atoms with Crippen LogP contribution in [-0.2, 0) is 6.42 Å². The van der Waals surface area contributed by atoms with E-state index < -0.39 is 0 Å². The second-order valence-electron chi connectivity index (χ2n) is 5.16. The lowest BCUT2D eigenvalue weighted by atomic mass is 9.97. The van der Waals surface area contributed by atoms with Crippen LogP contribution in [-0.4, -0.2) is 5.78 Å². The predicted molar refractivity (Wildman–Crippen MR) is 79.8 cm³/mol. The highest BCUT2D eigenvalue weighted by Crippen LogP contribution is 2.16. The molecule has 0 bridgehead atoms. The van der Waals surface area contributed by atoms with Crippen LogP contribution in [0.15, 0.2) is 42.5 Å². The summed E-state index contributed by atoms with van der Waals surface area (Å²) in [6.07, 6.45) is 2.12. The Balaban J connectivity index is 2.35. The largest absolute Gasteiger partial charge is 0.289 e. The average molecular weight is 252 g/mol. The number of ketones is 1. The Kier molecular flexibility index (Phi) is 4.16. The quantitative estimate of drug-likeness (QED) is 0.733. The first-order valence-corrected chi connectivity index (χ1v) is 6.82. The summed E-state index contributed by atoms with van der Waals surface area (Å²) >= 11 is 0. The van der Waals surface area contributed by atoms with Crippen LogP contribution in [0.2, 0.25) is 0 Å². The van der Waals surface area contributed by atoms with Crippen molar-refractivity contribution < 1.29 is 4.79 Å². The second-order valence-corrected chi connectivity index (χ2v) is 5.16. The molecule has 2 rings (SSSR count). The topological polar surface area (TPSA) is 17.1 Å². The summed E-state index contributed by atoms with van der Waals surface area (Å²) in [5, 5.41) is 0. The maximum atomic E-state index is 12.5. The second kappa shape index (κ2) is 5.83. The molecule has 0 radical (unpaired) electrons. The van der Waals surface area contributed by atoms with Gasteiger partial charge in [-0.3, -0.25) is 4.79 Å². The lowest BCUT2D eigenvalue weighted by molar-refractivity contribution is 0.103. The number of hydrogen-bond acceptors (Lipinski definition) is 1. The molecule has 0 saturated heterocycles. The van der Waals surface area contributed by atoms with Gasteiger partial charge in [-0.2, -0.15) is 0 Å². The molecule has 0 saturated carbocycles. The van der Waals surface area contributed by atoms with Gasteiger partial charge in [0.2, 0.25) is 0 Å². The molecule has 0 amide bonds. The van der Waals surface area contributed by atoms with E-state index in [0.29, 0.717) is 0 Å². The van der Waals surface area contributed by atoms with Gasteiger partial charge in [-0.15, -0.1) is 0 Å². The third kappa shape index (κ3) is 3.31. The molecule has 0 aliphatic carbocycles. The SMILES string of the molecule is CCCc1cccc(C(=O)c2cc(C)cc(C)c2)c1. The highest BCUT2D eigenvalue weighted by Gasteiger charge is 2.10. The number of carbonyl (C=O) groups excluding carboxylic acids is 1. The Hall–Kier alpha value is -1.89. The highest BCUT2D eigenvalue weighted by atomic mass is 16.1. The van der Waals surface area contributed by atoms with E-state index in [1.165, 1.54) is 5.56 Å². The van der Waals surface area contributed by atoms with E-state index in [9.17, 15) is 4.79 Å². The van der Waals surface area contributed by atoms with Crippen LogP contribution in [0.5, 0.6) is 0 Å². The van der Waals surface area contributed by atoms with Gasteiger partial charge in [0, 0.05) is 11.1 Å². The summed E-state index contributed by atoms with van der Waals surface area (Å²) in [6, 6.07) is 14.0. The Morgan fingerprint density at radius 3 is 2.26 bits per heavy atom. The van der Waals surface area contributed by atoms with Gasteiger partial charge in [-0.25, -0.2) is 0 Å². The lowest BCUT2D eigenvalue weighted by Crippen LogP contribution is -2.03. The van der Waals surface area contributed by atoms with Crippen LogP contribution < -0.4 is 0 Å². The Morgan fingerprint density at radius 1 is 0.947 bits per heavy atom. The minimum absolute atomic E-state index is 0.116. The van der Waals surface area contributed by atoms with Gasteiger partial charge in [0.1, 0.15) is 0 Å². The first-order chi connectivity index (χ1) is 9.10. The standard InChI is InChI=1S/C18H20O/c1-4-6-15-7-5-8-16(12-15)18(19)17-10-13(2)9-14(3)11-17/h5,7-12H,4,6H2,1-3H3. The lowest BCUT2D eigenvalue weighted by Gasteiger charge is -2.06. The number of benzene rings is 2. The molecule has 0 unspecified atom stereocenters. The van der Waals surface area contributed by atoms with Crippen molar-refractivity contribution in [2.75, 3.05) is 0 Å². The van der Waals surface area contributed by atoms with Gasteiger partial charge in [-0.1, -0.05) is 48.7 Å². The van der Waals surface area contributed by atoms with Crippen LogP contribution in [0.4, 0.5) is 0 Å². The summed E-state index contributed by atoms with van der Waals surface area (Å²) in [5.74, 6) is 0.116. The van der Waals surface area contributed by atoms with Gasteiger partial charge in [0.05, 0.1) is 0 Å². The molecular weight excluding hydrogens is 232 g/mol. The van der Waals surface area contributed by atoms with E-state index in [0.717, 1.165) is 35.1 Å². The van der Waals surface area contributed by atoms with Crippen molar-refractivity contribution in [3.8, 4) is 0 Å². The molecule has 0 spiro atoms. The van der Waals surface area contributed by atoms with E-state index in [4.69, 9.17) is 0 Å². The Labute approximate surface area is 115 Å². The first kappa shape index (κ1) is 13.5. The summed E-state index contributed by atoms with van der Waals surface area (Å²) in [5.41, 5.74) is 5.07. The third-order valence-corrected chi connectivity index (χ3v) is 3.21. The highest BCUT2D eigenvalue weighted by molar-refractivity contribution is 6.09. The number of carbonyl (C=O) groups is 1. The molecule has 0 fully saturated rings. The number of rotatable bonds is 4. The molecule has 0 aromatic heterocycles. The summed E-state index contributed by atoms with van der Waals surface area (Å²) in [7, 11) is 0. The molecule has 1 nitrogen and oxygen atoms in total. The zero-order chi connectivity index (χ0) is 13.8. The Bertz CT molecular complexity index is 576. The van der Waals surface area contributed by atoms with Gasteiger partial charge < -0.3 is 0 Å². The fourth-order valence-electron chi connectivity index (χ4n) is 2.43. The molecule has 19 heavy (non-hydrogen) atoms. The average Bonchev–Trinajstić information content (AvgIpc) is 2.37. The third-order valence-electron chi connectivity index (χ3n) is 3.21. The van der Waals surface area contributed by atoms with Crippen molar-refractivity contribution in [1.29, 1.82) is 0 Å². The van der Waals surface area contributed by atoms with Crippen molar-refractivity contribution >= 4 is 5.78 Å². The van der Waals surface area contributed by atoms with Crippen LogP contribution in [0.3, 0.4) is 0 Å². The van der Waals surface area contributed by atoms with Crippen molar-refractivity contribution in [2.24, 2.45) is 0 Å². The molecule has 2 aromatic rings. The molecule has 0 aliphatic heterocycles. The van der Waals surface area contributed by atoms with E-state index >= 15 is 0 Å². The Morgan fingerprint density at radius 2 is 1.63 bits per heavy atom.